The summed E-state index contributed by atoms with van der Waals surface area (Å²) in [6, 6.07) is 21.3. The molecule has 0 bridgehead atoms. The van der Waals surface area contributed by atoms with Gasteiger partial charge in [-0.3, -0.25) is 9.59 Å². The summed E-state index contributed by atoms with van der Waals surface area (Å²) in [5.41, 5.74) is 0.877. The Balaban J connectivity index is 1.33. The van der Waals surface area contributed by atoms with E-state index < -0.39 is 11.8 Å². The average molecular weight is 500 g/mol. The van der Waals surface area contributed by atoms with E-state index in [1.165, 1.54) is 22.9 Å². The van der Waals surface area contributed by atoms with Crippen LogP contribution in [0.3, 0.4) is 0 Å². The SMILES string of the molecule is O=C(NCC1CCCN(C(=O)c2nn(-c3ccccc3)c(=O)c3ccccc23)C1)Nc1cccc(F)c1. The fourth-order valence-electron chi connectivity index (χ4n) is 4.64. The average Bonchev–Trinajstić information content (AvgIpc) is 2.93. The number of aromatic nitrogens is 2. The molecule has 0 radical (unpaired) electrons. The van der Waals surface area contributed by atoms with Gasteiger partial charge in [0.05, 0.1) is 11.1 Å². The number of carbonyl (C=O) groups excluding carboxylic acids is 2. The molecule has 1 aliphatic heterocycles. The number of rotatable bonds is 5. The minimum atomic E-state index is -0.434. The minimum absolute atomic E-state index is 0.0438. The number of amides is 3. The quantitative estimate of drug-likeness (QED) is 0.430. The maximum absolute atomic E-state index is 13.7. The summed E-state index contributed by atoms with van der Waals surface area (Å²) in [5, 5.41) is 10.9. The Hall–Kier alpha value is -4.53. The van der Waals surface area contributed by atoms with E-state index in [0.717, 1.165) is 12.8 Å². The number of anilines is 1. The van der Waals surface area contributed by atoms with E-state index in [0.29, 0.717) is 41.8 Å². The van der Waals surface area contributed by atoms with Gasteiger partial charge in [-0.1, -0.05) is 42.5 Å². The summed E-state index contributed by atoms with van der Waals surface area (Å²) in [4.78, 5) is 40.8. The third kappa shape index (κ3) is 5.35. The molecule has 0 aliphatic carbocycles. The van der Waals surface area contributed by atoms with Crippen LogP contribution >= 0.6 is 0 Å². The molecule has 2 N–H and O–H groups in total. The lowest BCUT2D eigenvalue weighted by molar-refractivity contribution is 0.0669. The number of nitrogens with zero attached hydrogens (tertiary/aromatic N) is 3. The first-order valence-corrected chi connectivity index (χ1v) is 12.2. The van der Waals surface area contributed by atoms with Crippen molar-refractivity contribution in [2.24, 2.45) is 5.92 Å². The van der Waals surface area contributed by atoms with E-state index in [1.807, 2.05) is 18.2 Å². The number of benzene rings is 3. The molecule has 3 aromatic carbocycles. The molecule has 2 heterocycles. The largest absolute Gasteiger partial charge is 0.338 e. The monoisotopic (exact) mass is 499 g/mol. The van der Waals surface area contributed by atoms with Gasteiger partial charge < -0.3 is 15.5 Å². The van der Waals surface area contributed by atoms with Crippen LogP contribution < -0.4 is 16.2 Å². The van der Waals surface area contributed by atoms with Gasteiger partial charge >= 0.3 is 6.03 Å². The first-order valence-electron chi connectivity index (χ1n) is 12.2. The van der Waals surface area contributed by atoms with Crippen molar-refractivity contribution < 1.29 is 14.0 Å². The molecule has 9 heteroatoms. The van der Waals surface area contributed by atoms with Gasteiger partial charge in [0, 0.05) is 30.7 Å². The second-order valence-electron chi connectivity index (χ2n) is 9.05. The van der Waals surface area contributed by atoms with E-state index in [1.54, 1.807) is 47.4 Å². The van der Waals surface area contributed by atoms with Crippen LogP contribution in [0, 0.1) is 11.7 Å². The molecule has 8 nitrogen and oxygen atoms in total. The Morgan fingerprint density at radius 2 is 1.73 bits per heavy atom. The summed E-state index contributed by atoms with van der Waals surface area (Å²) in [5.74, 6) is -0.643. The van der Waals surface area contributed by atoms with Crippen molar-refractivity contribution in [1.82, 2.24) is 20.0 Å². The molecule has 188 valence electrons. The molecule has 1 atom stereocenters. The number of carbonyl (C=O) groups is 2. The molecular weight excluding hydrogens is 473 g/mol. The molecule has 1 aliphatic rings. The second kappa shape index (κ2) is 10.6. The predicted octanol–water partition coefficient (Wildman–Crippen LogP) is 4.20. The summed E-state index contributed by atoms with van der Waals surface area (Å²) >= 11 is 0. The van der Waals surface area contributed by atoms with E-state index in [2.05, 4.69) is 15.7 Å². The number of urea groups is 1. The first-order chi connectivity index (χ1) is 18.0. The van der Waals surface area contributed by atoms with Crippen LogP contribution in [0.2, 0.25) is 0 Å². The number of fused-ring (bicyclic) bond motifs is 1. The molecule has 37 heavy (non-hydrogen) atoms. The van der Waals surface area contributed by atoms with Gasteiger partial charge in [0.1, 0.15) is 5.82 Å². The Labute approximate surface area is 212 Å². The van der Waals surface area contributed by atoms with Gasteiger partial charge in [-0.05, 0) is 55.2 Å². The van der Waals surface area contributed by atoms with Crippen LogP contribution in [0.5, 0.6) is 0 Å². The van der Waals surface area contributed by atoms with Crippen molar-refractivity contribution in [2.75, 3.05) is 25.0 Å². The number of para-hydroxylation sites is 1. The van der Waals surface area contributed by atoms with Crippen LogP contribution in [0.1, 0.15) is 23.3 Å². The lowest BCUT2D eigenvalue weighted by atomic mass is 9.97. The summed E-state index contributed by atoms with van der Waals surface area (Å²) in [6.07, 6.45) is 1.63. The van der Waals surface area contributed by atoms with E-state index in [-0.39, 0.29) is 23.1 Å². The van der Waals surface area contributed by atoms with Crippen LogP contribution in [0.4, 0.5) is 14.9 Å². The number of nitrogens with one attached hydrogen (secondary N) is 2. The smallest absolute Gasteiger partial charge is 0.319 e. The maximum atomic E-state index is 13.7. The fraction of sp³-hybridized carbons (Fsp3) is 0.214. The number of piperidine rings is 1. The highest BCUT2D eigenvalue weighted by Crippen LogP contribution is 2.21. The lowest BCUT2D eigenvalue weighted by Crippen LogP contribution is -2.45. The molecular formula is C28H26FN5O3. The summed E-state index contributed by atoms with van der Waals surface area (Å²) in [7, 11) is 0. The normalized spacial score (nSPS) is 15.4. The fourth-order valence-corrected chi connectivity index (χ4v) is 4.64. The Morgan fingerprint density at radius 3 is 2.51 bits per heavy atom. The lowest BCUT2D eigenvalue weighted by Gasteiger charge is -2.33. The molecule has 3 amide bonds. The van der Waals surface area contributed by atoms with Crippen LogP contribution in [0.15, 0.2) is 83.7 Å². The molecule has 1 saturated heterocycles. The zero-order valence-corrected chi connectivity index (χ0v) is 20.1. The second-order valence-corrected chi connectivity index (χ2v) is 9.05. The zero-order valence-electron chi connectivity index (χ0n) is 20.1. The van der Waals surface area contributed by atoms with Gasteiger partial charge in [-0.25, -0.2) is 9.18 Å². The zero-order chi connectivity index (χ0) is 25.8. The topological polar surface area (TPSA) is 96.3 Å². The number of likely N-dealkylation sites (tertiary alicyclic amines) is 1. The molecule has 1 aromatic heterocycles. The maximum Gasteiger partial charge on any atom is 0.319 e. The number of halogens is 1. The van der Waals surface area contributed by atoms with E-state index in [9.17, 15) is 18.8 Å². The molecule has 1 unspecified atom stereocenters. The first kappa shape index (κ1) is 24.2. The van der Waals surface area contributed by atoms with Gasteiger partial charge in [0.25, 0.3) is 11.5 Å². The Morgan fingerprint density at radius 1 is 0.973 bits per heavy atom. The van der Waals surface area contributed by atoms with Crippen LogP contribution in [-0.2, 0) is 0 Å². The van der Waals surface area contributed by atoms with E-state index >= 15 is 0 Å². The number of hydrogen-bond acceptors (Lipinski definition) is 4. The molecule has 5 rings (SSSR count). The standard InChI is InChI=1S/C28H26FN5O3/c29-20-9-6-10-21(16-20)31-28(37)30-17-19-8-7-15-33(18-19)27(36)25-23-13-4-5-14-24(23)26(35)34(32-25)22-11-2-1-3-12-22/h1-6,9-14,16,19H,7-8,15,17-18H2,(H2,30,31,37). The molecule has 0 spiro atoms. The molecule has 1 fully saturated rings. The van der Waals surface area contributed by atoms with Crippen molar-refractivity contribution >= 4 is 28.4 Å². The van der Waals surface area contributed by atoms with E-state index in [4.69, 9.17) is 0 Å². The van der Waals surface area contributed by atoms with Gasteiger partial charge in [-0.2, -0.15) is 9.78 Å². The van der Waals surface area contributed by atoms with Crippen molar-refractivity contribution in [3.63, 3.8) is 0 Å². The third-order valence-corrected chi connectivity index (χ3v) is 6.45. The minimum Gasteiger partial charge on any atom is -0.338 e. The predicted molar refractivity (Wildman–Crippen MR) is 139 cm³/mol. The summed E-state index contributed by atoms with van der Waals surface area (Å²) in [6.45, 7) is 1.37. The Bertz CT molecular complexity index is 1500. The summed E-state index contributed by atoms with van der Waals surface area (Å²) < 4.78 is 14.6. The van der Waals surface area contributed by atoms with Crippen molar-refractivity contribution in [2.45, 2.75) is 12.8 Å². The van der Waals surface area contributed by atoms with Crippen LogP contribution in [0.25, 0.3) is 16.5 Å². The highest BCUT2D eigenvalue weighted by atomic mass is 19.1. The highest BCUT2D eigenvalue weighted by molar-refractivity contribution is 6.05. The molecule has 0 saturated carbocycles. The highest BCUT2D eigenvalue weighted by Gasteiger charge is 2.28. The van der Waals surface area contributed by atoms with Gasteiger partial charge in [0.2, 0.25) is 0 Å². The Kier molecular flexibility index (Phi) is 6.93. The van der Waals surface area contributed by atoms with Gasteiger partial charge in [-0.15, -0.1) is 0 Å². The third-order valence-electron chi connectivity index (χ3n) is 6.45. The van der Waals surface area contributed by atoms with Crippen molar-refractivity contribution in [1.29, 1.82) is 0 Å². The van der Waals surface area contributed by atoms with Crippen LogP contribution in [-0.4, -0.2) is 46.3 Å². The van der Waals surface area contributed by atoms with Crippen molar-refractivity contribution in [3.8, 4) is 5.69 Å². The van der Waals surface area contributed by atoms with Gasteiger partial charge in [0.15, 0.2) is 5.69 Å². The van der Waals surface area contributed by atoms with Crippen molar-refractivity contribution in [3.05, 3.63) is 101 Å². The molecule has 4 aromatic rings. The number of hydrogen-bond donors (Lipinski definition) is 2.